The summed E-state index contributed by atoms with van der Waals surface area (Å²) in [6.07, 6.45) is 2.59. The summed E-state index contributed by atoms with van der Waals surface area (Å²) in [6.45, 7) is 2.06. The summed E-state index contributed by atoms with van der Waals surface area (Å²) < 4.78 is 13.9. The van der Waals surface area contributed by atoms with E-state index >= 15 is 0 Å². The summed E-state index contributed by atoms with van der Waals surface area (Å²) in [5.74, 6) is -1.09. The molecule has 1 saturated heterocycles. The number of anilines is 1. The van der Waals surface area contributed by atoms with Crippen molar-refractivity contribution in [3.63, 3.8) is 0 Å². The fourth-order valence-electron chi connectivity index (χ4n) is 2.31. The SMILES string of the molecule is CCc1ccc(/C=C2\SC(=O)N(c3ccccc3F)C2=O)cc1. The van der Waals surface area contributed by atoms with Crippen molar-refractivity contribution >= 4 is 34.7 Å². The highest BCUT2D eigenvalue weighted by atomic mass is 32.2. The molecule has 3 nitrogen and oxygen atoms in total. The zero-order chi connectivity index (χ0) is 16.4. The first-order valence-electron chi connectivity index (χ1n) is 7.21. The zero-order valence-electron chi connectivity index (χ0n) is 12.5. The van der Waals surface area contributed by atoms with Crippen molar-refractivity contribution in [2.45, 2.75) is 13.3 Å². The van der Waals surface area contributed by atoms with Gasteiger partial charge in [0.15, 0.2) is 0 Å². The van der Waals surface area contributed by atoms with Crippen LogP contribution in [-0.4, -0.2) is 11.1 Å². The molecular weight excluding hydrogens is 313 g/mol. The van der Waals surface area contributed by atoms with Gasteiger partial charge in [-0.05, 0) is 47.5 Å². The van der Waals surface area contributed by atoms with Crippen LogP contribution in [0, 0.1) is 5.82 Å². The maximum Gasteiger partial charge on any atom is 0.298 e. The molecule has 23 heavy (non-hydrogen) atoms. The molecule has 2 amide bonds. The van der Waals surface area contributed by atoms with Crippen molar-refractivity contribution in [1.29, 1.82) is 0 Å². The lowest BCUT2D eigenvalue weighted by molar-refractivity contribution is -0.113. The van der Waals surface area contributed by atoms with Crippen LogP contribution in [0.3, 0.4) is 0 Å². The van der Waals surface area contributed by atoms with Gasteiger partial charge in [-0.2, -0.15) is 0 Å². The van der Waals surface area contributed by atoms with Gasteiger partial charge in [0.25, 0.3) is 11.1 Å². The summed E-state index contributed by atoms with van der Waals surface area (Å²) in [6, 6.07) is 13.5. The van der Waals surface area contributed by atoms with Crippen LogP contribution in [0.4, 0.5) is 14.9 Å². The molecule has 3 rings (SSSR count). The van der Waals surface area contributed by atoms with Crippen molar-refractivity contribution in [3.8, 4) is 0 Å². The number of hydrogen-bond donors (Lipinski definition) is 0. The van der Waals surface area contributed by atoms with E-state index in [0.717, 1.165) is 28.6 Å². The summed E-state index contributed by atoms with van der Waals surface area (Å²) >= 11 is 0.822. The maximum atomic E-state index is 13.9. The first kappa shape index (κ1) is 15.5. The Morgan fingerprint density at radius 2 is 1.78 bits per heavy atom. The predicted octanol–water partition coefficient (Wildman–Crippen LogP) is 4.63. The Balaban J connectivity index is 1.91. The smallest absolute Gasteiger partial charge is 0.268 e. The van der Waals surface area contributed by atoms with E-state index < -0.39 is 17.0 Å². The lowest BCUT2D eigenvalue weighted by Crippen LogP contribution is -2.28. The van der Waals surface area contributed by atoms with Crippen LogP contribution in [0.2, 0.25) is 0 Å². The molecule has 0 bridgehead atoms. The van der Waals surface area contributed by atoms with Crippen molar-refractivity contribution in [2.75, 3.05) is 4.90 Å². The number of benzene rings is 2. The van der Waals surface area contributed by atoms with E-state index in [1.165, 1.54) is 23.8 Å². The lowest BCUT2D eigenvalue weighted by Gasteiger charge is -2.12. The Morgan fingerprint density at radius 1 is 1.09 bits per heavy atom. The summed E-state index contributed by atoms with van der Waals surface area (Å²) in [4.78, 5) is 25.7. The molecule has 0 atom stereocenters. The number of thioether (sulfide) groups is 1. The van der Waals surface area contributed by atoms with E-state index in [-0.39, 0.29) is 5.69 Å². The summed E-state index contributed by atoms with van der Waals surface area (Å²) in [5, 5.41) is -0.489. The number of rotatable bonds is 3. The van der Waals surface area contributed by atoms with Gasteiger partial charge in [-0.15, -0.1) is 0 Å². The normalized spacial score (nSPS) is 16.4. The highest BCUT2D eigenvalue weighted by Gasteiger charge is 2.37. The zero-order valence-corrected chi connectivity index (χ0v) is 13.3. The highest BCUT2D eigenvalue weighted by molar-refractivity contribution is 8.19. The number of para-hydroxylation sites is 1. The number of amides is 2. The lowest BCUT2D eigenvalue weighted by atomic mass is 10.1. The number of nitrogens with zero attached hydrogens (tertiary/aromatic N) is 1. The molecule has 0 aliphatic carbocycles. The third-order valence-corrected chi connectivity index (χ3v) is 4.44. The van der Waals surface area contributed by atoms with E-state index in [0.29, 0.717) is 4.91 Å². The number of aryl methyl sites for hydroxylation is 1. The van der Waals surface area contributed by atoms with Crippen LogP contribution in [0.5, 0.6) is 0 Å². The number of carbonyl (C=O) groups is 2. The molecule has 0 saturated carbocycles. The molecule has 0 spiro atoms. The van der Waals surface area contributed by atoms with Gasteiger partial charge < -0.3 is 0 Å². The molecule has 1 heterocycles. The molecular formula is C18H14FNO2S. The van der Waals surface area contributed by atoms with E-state index in [1.807, 2.05) is 24.3 Å². The molecule has 0 aromatic heterocycles. The third kappa shape index (κ3) is 3.05. The predicted molar refractivity (Wildman–Crippen MR) is 90.7 cm³/mol. The average molecular weight is 327 g/mol. The Labute approximate surface area is 137 Å². The number of carbonyl (C=O) groups excluding carboxylic acids is 2. The van der Waals surface area contributed by atoms with Gasteiger partial charge in [0.1, 0.15) is 5.82 Å². The minimum Gasteiger partial charge on any atom is -0.268 e. The third-order valence-electron chi connectivity index (χ3n) is 3.57. The second-order valence-corrected chi connectivity index (χ2v) is 6.06. The van der Waals surface area contributed by atoms with Gasteiger partial charge in [-0.1, -0.05) is 43.3 Å². The van der Waals surface area contributed by atoms with Gasteiger partial charge in [0.05, 0.1) is 10.6 Å². The van der Waals surface area contributed by atoms with Crippen molar-refractivity contribution in [1.82, 2.24) is 0 Å². The minimum absolute atomic E-state index is 0.0141. The van der Waals surface area contributed by atoms with Crippen LogP contribution >= 0.6 is 11.8 Å². The molecule has 0 N–H and O–H groups in total. The molecule has 1 aliphatic rings. The second kappa shape index (κ2) is 6.38. The summed E-state index contributed by atoms with van der Waals surface area (Å²) in [5.41, 5.74) is 2.02. The Kier molecular flexibility index (Phi) is 4.30. The Hall–Kier alpha value is -2.40. The first-order valence-corrected chi connectivity index (χ1v) is 8.03. The van der Waals surface area contributed by atoms with Crippen LogP contribution < -0.4 is 4.90 Å². The Bertz CT molecular complexity index is 799. The first-order chi connectivity index (χ1) is 11.1. The molecule has 0 radical (unpaired) electrons. The van der Waals surface area contributed by atoms with Crippen molar-refractivity contribution in [2.24, 2.45) is 0 Å². The molecule has 1 fully saturated rings. The summed E-state index contributed by atoms with van der Waals surface area (Å²) in [7, 11) is 0. The molecule has 116 valence electrons. The van der Waals surface area contributed by atoms with E-state index in [2.05, 4.69) is 6.92 Å². The standard InChI is InChI=1S/C18H14FNO2S/c1-2-12-7-9-13(10-8-12)11-16-17(21)20(18(22)23-16)15-6-4-3-5-14(15)19/h3-11H,2H2,1H3/b16-11-. The monoisotopic (exact) mass is 327 g/mol. The molecule has 1 aliphatic heterocycles. The largest absolute Gasteiger partial charge is 0.298 e. The quantitative estimate of drug-likeness (QED) is 0.771. The second-order valence-electron chi connectivity index (χ2n) is 5.06. The van der Waals surface area contributed by atoms with E-state index in [9.17, 15) is 14.0 Å². The van der Waals surface area contributed by atoms with Gasteiger partial charge >= 0.3 is 0 Å². The molecule has 5 heteroatoms. The van der Waals surface area contributed by atoms with Gasteiger partial charge in [-0.3, -0.25) is 9.59 Å². The highest BCUT2D eigenvalue weighted by Crippen LogP contribution is 2.36. The Morgan fingerprint density at radius 3 is 2.43 bits per heavy atom. The van der Waals surface area contributed by atoms with Gasteiger partial charge in [-0.25, -0.2) is 9.29 Å². The van der Waals surface area contributed by atoms with Crippen molar-refractivity contribution in [3.05, 3.63) is 70.4 Å². The number of imide groups is 1. The minimum atomic E-state index is -0.594. The number of halogens is 1. The van der Waals surface area contributed by atoms with Gasteiger partial charge in [0.2, 0.25) is 0 Å². The molecule has 0 unspecified atom stereocenters. The van der Waals surface area contributed by atoms with E-state index in [1.54, 1.807) is 12.1 Å². The fraction of sp³-hybridized carbons (Fsp3) is 0.111. The van der Waals surface area contributed by atoms with Gasteiger partial charge in [0, 0.05) is 0 Å². The molecule has 2 aromatic carbocycles. The average Bonchev–Trinajstić information content (AvgIpc) is 2.83. The molecule has 2 aromatic rings. The maximum absolute atomic E-state index is 13.9. The fourth-order valence-corrected chi connectivity index (χ4v) is 3.14. The number of hydrogen-bond acceptors (Lipinski definition) is 3. The van der Waals surface area contributed by atoms with Crippen LogP contribution in [0.1, 0.15) is 18.1 Å². The van der Waals surface area contributed by atoms with Crippen LogP contribution in [0.15, 0.2) is 53.4 Å². The van der Waals surface area contributed by atoms with Crippen LogP contribution in [-0.2, 0) is 11.2 Å². The van der Waals surface area contributed by atoms with Crippen molar-refractivity contribution < 1.29 is 14.0 Å². The topological polar surface area (TPSA) is 37.4 Å². The van der Waals surface area contributed by atoms with Crippen LogP contribution in [0.25, 0.3) is 6.08 Å². The van der Waals surface area contributed by atoms with E-state index in [4.69, 9.17) is 0 Å².